The topological polar surface area (TPSA) is 166 Å². The summed E-state index contributed by atoms with van der Waals surface area (Å²) < 4.78 is 16.8. The molecule has 5 rings (SSSR count). The van der Waals surface area contributed by atoms with Gasteiger partial charge in [-0.15, -0.1) is 0 Å². The van der Waals surface area contributed by atoms with Crippen LogP contribution in [0.3, 0.4) is 0 Å². The van der Waals surface area contributed by atoms with E-state index in [1.807, 2.05) is 29.2 Å². The van der Waals surface area contributed by atoms with Crippen LogP contribution in [0.5, 0.6) is 11.5 Å². The number of rotatable bonds is 20. The number of piperidine rings is 1. The molecule has 13 nitrogen and oxygen atoms in total. The Morgan fingerprint density at radius 2 is 1.62 bits per heavy atom. The largest absolute Gasteiger partial charge is 0.457 e. The summed E-state index contributed by atoms with van der Waals surface area (Å²) in [6.07, 6.45) is 8.11. The van der Waals surface area contributed by atoms with E-state index in [-0.39, 0.29) is 23.5 Å². The Bertz CT molecular complexity index is 1520. The summed E-state index contributed by atoms with van der Waals surface area (Å²) in [4.78, 5) is 47.2. The molecule has 2 saturated heterocycles. The van der Waals surface area contributed by atoms with Gasteiger partial charge in [0.1, 0.15) is 23.1 Å². The van der Waals surface area contributed by atoms with Crippen molar-refractivity contribution in [3.63, 3.8) is 0 Å². The fourth-order valence-electron chi connectivity index (χ4n) is 7.75. The fraction of sp³-hybridized carbons (Fsp3) is 0.625. The molecular formula is C40H56N6O7. The Hall–Kier alpha value is -4.00. The molecule has 2 aromatic rings. The number of hydrogen-bond acceptors (Lipinski definition) is 9. The van der Waals surface area contributed by atoms with E-state index in [0.29, 0.717) is 95.4 Å². The number of ether oxygens (including phenoxy) is 3. The van der Waals surface area contributed by atoms with Crippen molar-refractivity contribution in [2.24, 2.45) is 11.0 Å². The molecule has 2 N–H and O–H groups in total. The van der Waals surface area contributed by atoms with Gasteiger partial charge < -0.3 is 29.5 Å². The zero-order valence-corrected chi connectivity index (χ0v) is 31.1. The number of carbonyl (C=O) groups excluding carboxylic acids is 3. The highest BCUT2D eigenvalue weighted by Crippen LogP contribution is 2.36. The number of aliphatic hydroxyl groups excluding tert-OH is 1. The Kier molecular flexibility index (Phi) is 15.5. The molecule has 0 radical (unpaired) electrons. The first-order chi connectivity index (χ1) is 25.8. The van der Waals surface area contributed by atoms with Crippen molar-refractivity contribution in [2.75, 3.05) is 52.6 Å². The number of Topliss-reactive ketones (excluding diaryl/α,β-unsaturated/α-hetero) is 1. The molecule has 2 aromatic carbocycles. The van der Waals surface area contributed by atoms with Gasteiger partial charge in [-0.3, -0.25) is 19.3 Å². The van der Waals surface area contributed by atoms with Gasteiger partial charge in [0.2, 0.25) is 11.8 Å². The highest BCUT2D eigenvalue weighted by atomic mass is 16.5. The van der Waals surface area contributed by atoms with Crippen LogP contribution in [0.1, 0.15) is 93.5 Å². The number of piperazine rings is 1. The van der Waals surface area contributed by atoms with Crippen LogP contribution >= 0.6 is 0 Å². The van der Waals surface area contributed by atoms with Gasteiger partial charge in [0.05, 0.1) is 25.9 Å². The zero-order valence-electron chi connectivity index (χ0n) is 31.1. The molecule has 53 heavy (non-hydrogen) atoms. The van der Waals surface area contributed by atoms with E-state index in [4.69, 9.17) is 19.7 Å². The molecular weight excluding hydrogens is 676 g/mol. The molecule has 0 bridgehead atoms. The summed E-state index contributed by atoms with van der Waals surface area (Å²) >= 11 is 0. The molecule has 2 heterocycles. The third-order valence-corrected chi connectivity index (χ3v) is 10.9. The van der Waals surface area contributed by atoms with Gasteiger partial charge in [-0.2, -0.15) is 0 Å². The average molecular weight is 733 g/mol. The number of likely N-dealkylation sites (tertiary alicyclic amines) is 1. The number of amides is 2. The molecule has 1 aliphatic carbocycles. The summed E-state index contributed by atoms with van der Waals surface area (Å²) in [6, 6.07) is 14.2. The Morgan fingerprint density at radius 3 is 2.28 bits per heavy atom. The molecule has 0 aromatic heterocycles. The van der Waals surface area contributed by atoms with Crippen molar-refractivity contribution >= 4 is 17.6 Å². The fourth-order valence-corrected chi connectivity index (χ4v) is 7.75. The Balaban J connectivity index is 1.06. The third kappa shape index (κ3) is 11.0. The lowest BCUT2D eigenvalue weighted by Gasteiger charge is -2.52. The lowest BCUT2D eigenvalue weighted by atomic mass is 9.78. The standard InChI is InChI=1S/C40H56N6O7/c1-2-3-22-46-38(49)36(37(48)32-8-5-4-6-9-32)43-39(50)40(46)19-23-45(24-20-40)29-30-11-15-33(16-12-30)53-34-17-13-31(14-18-34)35(47)10-7-25-51-27-28-52-26-21-42-44-41/h11-18,32,36-37,48H,2-10,19-29H2,1H3,(H,43,50)/t36-,37-/m1/s1. The van der Waals surface area contributed by atoms with Crippen LogP contribution in [-0.4, -0.2) is 103 Å². The number of unbranched alkanes of at least 4 members (excludes halogenated alkanes) is 1. The Morgan fingerprint density at radius 1 is 0.962 bits per heavy atom. The van der Waals surface area contributed by atoms with Gasteiger partial charge in [0, 0.05) is 56.2 Å². The predicted octanol–water partition coefficient (Wildman–Crippen LogP) is 6.19. The minimum absolute atomic E-state index is 0.0424. The number of hydrogen-bond donors (Lipinski definition) is 2. The van der Waals surface area contributed by atoms with E-state index in [1.165, 1.54) is 0 Å². The van der Waals surface area contributed by atoms with E-state index in [9.17, 15) is 19.5 Å². The number of benzene rings is 2. The smallest absolute Gasteiger partial charge is 0.248 e. The van der Waals surface area contributed by atoms with E-state index < -0.39 is 17.7 Å². The van der Waals surface area contributed by atoms with Crippen LogP contribution in [0.25, 0.3) is 10.4 Å². The van der Waals surface area contributed by atoms with Gasteiger partial charge in [-0.25, -0.2) is 0 Å². The first-order valence-electron chi connectivity index (χ1n) is 19.4. The van der Waals surface area contributed by atoms with Crippen molar-refractivity contribution in [3.8, 4) is 11.5 Å². The van der Waals surface area contributed by atoms with Crippen molar-refractivity contribution in [1.82, 2.24) is 15.1 Å². The average Bonchev–Trinajstić information content (AvgIpc) is 3.19. The minimum Gasteiger partial charge on any atom is -0.457 e. The first kappa shape index (κ1) is 40.2. The summed E-state index contributed by atoms with van der Waals surface area (Å²) in [5.41, 5.74) is 9.11. The normalized spacial score (nSPS) is 19.8. The minimum atomic E-state index is -0.871. The molecule has 288 valence electrons. The number of azide groups is 1. The number of aliphatic hydroxyl groups is 1. The van der Waals surface area contributed by atoms with Crippen LogP contribution < -0.4 is 10.1 Å². The maximum atomic E-state index is 13.9. The summed E-state index contributed by atoms with van der Waals surface area (Å²) in [6.45, 7) is 6.67. The SMILES string of the molecule is CCCCN1C(=O)[C@@H]([C@H](O)C2CCCCC2)NC(=O)C12CCN(Cc1ccc(Oc3ccc(C(=O)CCCOCCOCCN=[N+]=[N-])cc3)cc1)CC2. The van der Waals surface area contributed by atoms with Gasteiger partial charge in [0.15, 0.2) is 5.78 Å². The number of nitrogens with one attached hydrogen (secondary N) is 1. The second-order valence-corrected chi connectivity index (χ2v) is 14.5. The lowest BCUT2D eigenvalue weighted by Crippen LogP contribution is -2.75. The molecule has 13 heteroatoms. The maximum Gasteiger partial charge on any atom is 0.248 e. The molecule has 2 atom stereocenters. The monoisotopic (exact) mass is 732 g/mol. The van der Waals surface area contributed by atoms with Gasteiger partial charge in [0.25, 0.3) is 0 Å². The number of nitrogens with zero attached hydrogens (tertiary/aromatic N) is 5. The van der Waals surface area contributed by atoms with Crippen molar-refractivity contribution in [1.29, 1.82) is 0 Å². The zero-order chi connectivity index (χ0) is 37.5. The summed E-state index contributed by atoms with van der Waals surface area (Å²) in [5.74, 6) is 1.19. The predicted molar refractivity (Wildman–Crippen MR) is 201 cm³/mol. The van der Waals surface area contributed by atoms with Crippen molar-refractivity contribution < 1.29 is 33.7 Å². The van der Waals surface area contributed by atoms with Gasteiger partial charge >= 0.3 is 0 Å². The van der Waals surface area contributed by atoms with Crippen LogP contribution in [0, 0.1) is 5.92 Å². The quantitative estimate of drug-likeness (QED) is 0.0535. The number of carbonyl (C=O) groups is 3. The molecule has 2 aliphatic heterocycles. The molecule has 1 saturated carbocycles. The van der Waals surface area contributed by atoms with Crippen LogP contribution in [0.2, 0.25) is 0 Å². The van der Waals surface area contributed by atoms with Crippen LogP contribution in [-0.2, 0) is 25.6 Å². The highest BCUT2D eigenvalue weighted by molar-refractivity contribution is 6.00. The second-order valence-electron chi connectivity index (χ2n) is 14.5. The summed E-state index contributed by atoms with van der Waals surface area (Å²) in [5, 5.41) is 17.6. The van der Waals surface area contributed by atoms with Crippen molar-refractivity contribution in [2.45, 2.75) is 102 Å². The van der Waals surface area contributed by atoms with E-state index in [2.05, 4.69) is 27.2 Å². The highest BCUT2D eigenvalue weighted by Gasteiger charge is 2.55. The molecule has 3 fully saturated rings. The van der Waals surface area contributed by atoms with Crippen molar-refractivity contribution in [3.05, 3.63) is 70.1 Å². The van der Waals surface area contributed by atoms with Crippen LogP contribution in [0.15, 0.2) is 53.6 Å². The van der Waals surface area contributed by atoms with E-state index in [0.717, 1.165) is 57.1 Å². The summed E-state index contributed by atoms with van der Waals surface area (Å²) in [7, 11) is 0. The maximum absolute atomic E-state index is 13.9. The third-order valence-electron chi connectivity index (χ3n) is 10.9. The number of ketones is 1. The first-order valence-corrected chi connectivity index (χ1v) is 19.4. The molecule has 3 aliphatic rings. The van der Waals surface area contributed by atoms with Gasteiger partial charge in [-0.05, 0) is 91.9 Å². The van der Waals surface area contributed by atoms with Gasteiger partial charge in [-0.1, -0.05) is 49.9 Å². The Labute approximate surface area is 313 Å². The lowest BCUT2D eigenvalue weighted by molar-refractivity contribution is -0.166. The molecule has 2 amide bonds. The van der Waals surface area contributed by atoms with E-state index >= 15 is 0 Å². The van der Waals surface area contributed by atoms with Crippen LogP contribution in [0.4, 0.5) is 0 Å². The van der Waals surface area contributed by atoms with E-state index in [1.54, 1.807) is 24.3 Å². The second kappa shape index (κ2) is 20.5. The molecule has 0 unspecified atom stereocenters. The molecule has 1 spiro atoms.